The van der Waals surface area contributed by atoms with Crippen molar-refractivity contribution >= 4 is 34.1 Å². The lowest BCUT2D eigenvalue weighted by atomic mass is 10.2. The number of amides is 1. The number of carbonyl (C=O) groups excluding carboxylic acids is 1. The Hall–Kier alpha value is -1.67. The first kappa shape index (κ1) is 15.7. The van der Waals surface area contributed by atoms with E-state index in [0.29, 0.717) is 11.6 Å². The highest BCUT2D eigenvalue weighted by molar-refractivity contribution is 8.00. The van der Waals surface area contributed by atoms with Crippen LogP contribution >= 0.6 is 23.1 Å². The molecule has 112 valence electrons. The van der Waals surface area contributed by atoms with E-state index in [9.17, 15) is 9.18 Å². The van der Waals surface area contributed by atoms with E-state index in [1.165, 1.54) is 35.2 Å². The molecule has 1 amide bonds. The van der Waals surface area contributed by atoms with Crippen molar-refractivity contribution in [2.45, 2.75) is 23.8 Å². The van der Waals surface area contributed by atoms with Gasteiger partial charge in [-0.25, -0.2) is 4.39 Å². The Balaban J connectivity index is 2.03. The molecule has 1 unspecified atom stereocenters. The van der Waals surface area contributed by atoms with E-state index in [2.05, 4.69) is 15.5 Å². The van der Waals surface area contributed by atoms with Crippen molar-refractivity contribution in [3.63, 3.8) is 0 Å². The molecule has 2 aromatic rings. The van der Waals surface area contributed by atoms with Crippen molar-refractivity contribution < 1.29 is 13.9 Å². The summed E-state index contributed by atoms with van der Waals surface area (Å²) in [6.45, 7) is 1.79. The van der Waals surface area contributed by atoms with Crippen LogP contribution in [-0.2, 0) is 4.79 Å². The Morgan fingerprint density at radius 3 is 2.86 bits per heavy atom. The van der Waals surface area contributed by atoms with Gasteiger partial charge in [0, 0.05) is 0 Å². The number of aromatic nitrogens is 2. The number of para-hydroxylation sites is 1. The summed E-state index contributed by atoms with van der Waals surface area (Å²) < 4.78 is 19.7. The van der Waals surface area contributed by atoms with E-state index in [4.69, 9.17) is 4.74 Å². The predicted molar refractivity (Wildman–Crippen MR) is 81.4 cm³/mol. The van der Waals surface area contributed by atoms with E-state index in [-0.39, 0.29) is 11.7 Å². The predicted octanol–water partition coefficient (Wildman–Crippen LogP) is 3.20. The first-order valence-electron chi connectivity index (χ1n) is 6.23. The van der Waals surface area contributed by atoms with Gasteiger partial charge in [-0.15, -0.1) is 10.2 Å². The van der Waals surface area contributed by atoms with Crippen LogP contribution in [0.3, 0.4) is 0 Å². The van der Waals surface area contributed by atoms with Crippen LogP contribution in [0.25, 0.3) is 0 Å². The molecule has 1 heterocycles. The van der Waals surface area contributed by atoms with Crippen LogP contribution in [0.15, 0.2) is 28.6 Å². The largest absolute Gasteiger partial charge is 0.478 e. The molecule has 5 nitrogen and oxygen atoms in total. The topological polar surface area (TPSA) is 64.1 Å². The molecular formula is C13H14FN3O2S2. The van der Waals surface area contributed by atoms with Gasteiger partial charge in [-0.05, 0) is 24.8 Å². The molecule has 1 atom stereocenters. The Kier molecular flexibility index (Phi) is 5.51. The van der Waals surface area contributed by atoms with Crippen molar-refractivity contribution in [2.24, 2.45) is 0 Å². The van der Waals surface area contributed by atoms with Crippen LogP contribution < -0.4 is 10.1 Å². The second kappa shape index (κ2) is 7.37. The quantitative estimate of drug-likeness (QED) is 0.652. The summed E-state index contributed by atoms with van der Waals surface area (Å²) in [5.74, 6) is -0.810. The summed E-state index contributed by atoms with van der Waals surface area (Å²) in [4.78, 5) is 12.1. The van der Waals surface area contributed by atoms with Gasteiger partial charge in [-0.2, -0.15) is 0 Å². The number of anilines is 1. The third kappa shape index (κ3) is 4.15. The molecule has 0 radical (unpaired) electrons. The van der Waals surface area contributed by atoms with Crippen molar-refractivity contribution in [1.82, 2.24) is 10.2 Å². The van der Waals surface area contributed by atoms with E-state index in [0.717, 1.165) is 4.34 Å². The molecular weight excluding hydrogens is 313 g/mol. The molecule has 0 spiro atoms. The average molecular weight is 327 g/mol. The molecule has 1 aromatic heterocycles. The fraction of sp³-hybridized carbons (Fsp3) is 0.308. The molecule has 8 heteroatoms. The maximum Gasteiger partial charge on any atom is 0.267 e. The lowest BCUT2D eigenvalue weighted by Gasteiger charge is -2.16. The Bertz CT molecular complexity index is 621. The number of halogens is 1. The average Bonchev–Trinajstić information content (AvgIpc) is 2.94. The van der Waals surface area contributed by atoms with E-state index in [1.54, 1.807) is 19.1 Å². The summed E-state index contributed by atoms with van der Waals surface area (Å²) in [5.41, 5.74) is 0. The van der Waals surface area contributed by atoms with Crippen LogP contribution in [0.4, 0.5) is 9.52 Å². The maximum atomic E-state index is 13.5. The number of hydrogen-bond donors (Lipinski definition) is 1. The number of nitrogens with one attached hydrogen (secondary N) is 1. The third-order valence-electron chi connectivity index (χ3n) is 2.58. The molecule has 1 aromatic carbocycles. The summed E-state index contributed by atoms with van der Waals surface area (Å²) >= 11 is 2.73. The van der Waals surface area contributed by atoms with Gasteiger partial charge < -0.3 is 4.74 Å². The second-order valence-electron chi connectivity index (χ2n) is 4.01. The molecule has 0 aliphatic heterocycles. The summed E-state index contributed by atoms with van der Waals surface area (Å²) in [6.07, 6.45) is 1.50. The van der Waals surface area contributed by atoms with Crippen molar-refractivity contribution in [2.75, 3.05) is 11.6 Å². The number of thioether (sulfide) groups is 1. The van der Waals surface area contributed by atoms with Crippen molar-refractivity contribution in [3.8, 4) is 5.75 Å². The molecule has 0 bridgehead atoms. The zero-order valence-electron chi connectivity index (χ0n) is 11.5. The third-order valence-corrected chi connectivity index (χ3v) is 4.39. The Morgan fingerprint density at radius 1 is 1.48 bits per heavy atom. The highest BCUT2D eigenvalue weighted by Gasteiger charge is 2.21. The monoisotopic (exact) mass is 327 g/mol. The minimum absolute atomic E-state index is 0.0570. The van der Waals surface area contributed by atoms with Crippen LogP contribution in [0.5, 0.6) is 5.75 Å². The maximum absolute atomic E-state index is 13.5. The molecule has 2 rings (SSSR count). The summed E-state index contributed by atoms with van der Waals surface area (Å²) in [5, 5.41) is 10.8. The number of hydrogen-bond acceptors (Lipinski definition) is 6. The minimum atomic E-state index is -0.788. The van der Waals surface area contributed by atoms with Crippen LogP contribution in [0.2, 0.25) is 0 Å². The number of carbonyl (C=O) groups is 1. The van der Waals surface area contributed by atoms with Gasteiger partial charge in [0.15, 0.2) is 22.0 Å². The fourth-order valence-corrected chi connectivity index (χ4v) is 2.72. The second-order valence-corrected chi connectivity index (χ2v) is 6.04. The lowest BCUT2D eigenvalue weighted by Crippen LogP contribution is -2.32. The highest BCUT2D eigenvalue weighted by atomic mass is 32.2. The molecule has 0 saturated carbocycles. The first-order valence-corrected chi connectivity index (χ1v) is 8.27. The molecule has 0 aliphatic rings. The van der Waals surface area contributed by atoms with Gasteiger partial charge in [0.2, 0.25) is 5.13 Å². The van der Waals surface area contributed by atoms with Crippen molar-refractivity contribution in [1.29, 1.82) is 0 Å². The standard InChI is InChI=1S/C13H14FN3O2S2/c1-3-9(19-10-7-5-4-6-8(10)14)11(18)15-12-16-17-13(20-2)21-12/h4-7,9H,3H2,1-2H3,(H,15,16,18). The minimum Gasteiger partial charge on any atom is -0.478 e. The molecule has 21 heavy (non-hydrogen) atoms. The number of rotatable bonds is 6. The molecule has 1 N–H and O–H groups in total. The fourth-order valence-electron chi connectivity index (χ4n) is 1.54. The van der Waals surface area contributed by atoms with Crippen LogP contribution in [0.1, 0.15) is 13.3 Å². The number of ether oxygens (including phenoxy) is 1. The zero-order valence-corrected chi connectivity index (χ0v) is 13.1. The highest BCUT2D eigenvalue weighted by Crippen LogP contribution is 2.24. The smallest absolute Gasteiger partial charge is 0.267 e. The summed E-state index contributed by atoms with van der Waals surface area (Å²) in [6, 6.07) is 5.99. The van der Waals surface area contributed by atoms with Crippen molar-refractivity contribution in [3.05, 3.63) is 30.1 Å². The normalized spacial score (nSPS) is 12.0. The van der Waals surface area contributed by atoms with Gasteiger partial charge in [0.1, 0.15) is 0 Å². The SMILES string of the molecule is CCC(Oc1ccccc1F)C(=O)Nc1nnc(SC)s1. The Labute approximate surface area is 129 Å². The van der Waals surface area contributed by atoms with Gasteiger partial charge in [-0.3, -0.25) is 10.1 Å². The van der Waals surface area contributed by atoms with Gasteiger partial charge in [0.05, 0.1) is 0 Å². The van der Waals surface area contributed by atoms with Crippen LogP contribution in [-0.4, -0.2) is 28.5 Å². The summed E-state index contributed by atoms with van der Waals surface area (Å²) in [7, 11) is 0. The van der Waals surface area contributed by atoms with E-state index >= 15 is 0 Å². The Morgan fingerprint density at radius 2 is 2.24 bits per heavy atom. The van der Waals surface area contributed by atoms with E-state index < -0.39 is 11.9 Å². The first-order chi connectivity index (χ1) is 10.1. The lowest BCUT2D eigenvalue weighted by molar-refractivity contribution is -0.122. The van der Waals surface area contributed by atoms with Gasteiger partial charge in [0.25, 0.3) is 5.91 Å². The van der Waals surface area contributed by atoms with E-state index in [1.807, 2.05) is 6.26 Å². The van der Waals surface area contributed by atoms with Crippen LogP contribution in [0, 0.1) is 5.82 Å². The molecule has 0 fully saturated rings. The van der Waals surface area contributed by atoms with Gasteiger partial charge in [-0.1, -0.05) is 42.2 Å². The molecule has 0 aliphatic carbocycles. The number of benzene rings is 1. The van der Waals surface area contributed by atoms with Gasteiger partial charge >= 0.3 is 0 Å². The number of nitrogens with zero attached hydrogens (tertiary/aromatic N) is 2. The zero-order chi connectivity index (χ0) is 15.2. The molecule has 0 saturated heterocycles.